The van der Waals surface area contributed by atoms with E-state index in [0.29, 0.717) is 16.4 Å². The van der Waals surface area contributed by atoms with Crippen LogP contribution in [0.5, 0.6) is 0 Å². The maximum absolute atomic E-state index is 12.7. The fraction of sp³-hybridized carbons (Fsp3) is 0.172. The number of thiazole rings is 1. The summed E-state index contributed by atoms with van der Waals surface area (Å²) in [4.78, 5) is 10.2. The predicted molar refractivity (Wildman–Crippen MR) is 159 cm³/mol. The van der Waals surface area contributed by atoms with E-state index in [-0.39, 0.29) is 4.90 Å². The van der Waals surface area contributed by atoms with Gasteiger partial charge in [0.1, 0.15) is 0 Å². The molecule has 0 unspecified atom stereocenters. The van der Waals surface area contributed by atoms with Gasteiger partial charge in [-0.25, -0.2) is 21.8 Å². The molecule has 0 amide bonds. The van der Waals surface area contributed by atoms with Gasteiger partial charge in [-0.1, -0.05) is 47.7 Å². The highest BCUT2D eigenvalue weighted by Crippen LogP contribution is 2.41. The molecule has 2 heterocycles. The van der Waals surface area contributed by atoms with E-state index >= 15 is 0 Å². The Morgan fingerprint density at radius 2 is 1.51 bits per heavy atom. The van der Waals surface area contributed by atoms with E-state index in [1.807, 2.05) is 48.5 Å². The number of anilines is 1. The Morgan fingerprint density at radius 3 is 2.18 bits per heavy atom. The van der Waals surface area contributed by atoms with Crippen LogP contribution in [0.15, 0.2) is 83.9 Å². The monoisotopic (exact) mass is 577 g/mol. The smallest absolute Gasteiger partial charge is 0.181 e. The van der Waals surface area contributed by atoms with Crippen LogP contribution in [-0.4, -0.2) is 39.3 Å². The van der Waals surface area contributed by atoms with E-state index in [1.165, 1.54) is 23.8 Å². The Hall–Kier alpha value is -3.60. The molecule has 2 N–H and O–H groups in total. The van der Waals surface area contributed by atoms with E-state index in [0.717, 1.165) is 38.0 Å². The van der Waals surface area contributed by atoms with E-state index < -0.39 is 24.4 Å². The third-order valence-electron chi connectivity index (χ3n) is 6.96. The van der Waals surface area contributed by atoms with Crippen LogP contribution in [0.2, 0.25) is 0 Å². The topological polar surface area (TPSA) is 120 Å². The molecule has 0 aliphatic carbocycles. The first-order chi connectivity index (χ1) is 18.3. The van der Waals surface area contributed by atoms with Crippen molar-refractivity contribution in [3.63, 3.8) is 0 Å². The fourth-order valence-electron chi connectivity index (χ4n) is 4.39. The summed E-state index contributed by atoms with van der Waals surface area (Å²) >= 11 is 1.34. The van der Waals surface area contributed by atoms with Gasteiger partial charge in [0.05, 0.1) is 25.7 Å². The summed E-state index contributed by atoms with van der Waals surface area (Å²) in [6.45, 7) is 3.42. The van der Waals surface area contributed by atoms with Crippen molar-refractivity contribution in [2.75, 3.05) is 18.2 Å². The SMILES string of the molecule is CC(C)(c1cc(-c2cccc(-c3sc(N)nc3-c3ccc(S(C)(=O)=O)cc3)c2)c2ncccc2c1)S(C)(=O)=O. The lowest BCUT2D eigenvalue weighted by atomic mass is 9.92. The van der Waals surface area contributed by atoms with Gasteiger partial charge in [0.15, 0.2) is 24.8 Å². The van der Waals surface area contributed by atoms with E-state index in [2.05, 4.69) is 9.97 Å². The summed E-state index contributed by atoms with van der Waals surface area (Å²) in [6.07, 6.45) is 4.14. The van der Waals surface area contributed by atoms with Crippen molar-refractivity contribution in [3.05, 3.63) is 84.6 Å². The van der Waals surface area contributed by atoms with Crippen LogP contribution in [-0.2, 0) is 24.4 Å². The zero-order chi connectivity index (χ0) is 28.2. The zero-order valence-electron chi connectivity index (χ0n) is 21.8. The quantitative estimate of drug-likeness (QED) is 0.264. The molecular formula is C29H27N3O4S3. The van der Waals surface area contributed by atoms with Gasteiger partial charge in [-0.2, -0.15) is 0 Å². The largest absolute Gasteiger partial charge is 0.375 e. The number of benzene rings is 3. The van der Waals surface area contributed by atoms with Gasteiger partial charge in [-0.3, -0.25) is 4.98 Å². The van der Waals surface area contributed by atoms with Crippen molar-refractivity contribution < 1.29 is 16.8 Å². The van der Waals surface area contributed by atoms with E-state index in [1.54, 1.807) is 44.3 Å². The summed E-state index contributed by atoms with van der Waals surface area (Å²) in [5.74, 6) is 0. The molecule has 0 aliphatic rings. The molecular weight excluding hydrogens is 551 g/mol. The zero-order valence-corrected chi connectivity index (χ0v) is 24.3. The molecule has 5 rings (SSSR count). The average molecular weight is 578 g/mol. The van der Waals surface area contributed by atoms with Crippen LogP contribution >= 0.6 is 11.3 Å². The number of hydrogen-bond donors (Lipinski definition) is 1. The second kappa shape index (κ2) is 9.55. The molecule has 0 aliphatic heterocycles. The molecule has 0 saturated carbocycles. The van der Waals surface area contributed by atoms with E-state index in [9.17, 15) is 16.8 Å². The Kier molecular flexibility index (Phi) is 6.61. The third-order valence-corrected chi connectivity index (χ3v) is 11.1. The number of hydrogen-bond acceptors (Lipinski definition) is 8. The molecule has 7 nitrogen and oxygen atoms in total. The number of pyridine rings is 1. The minimum absolute atomic E-state index is 0.231. The number of nitrogens with two attached hydrogens (primary N) is 1. The number of sulfone groups is 2. The van der Waals surface area contributed by atoms with Gasteiger partial charge in [0.25, 0.3) is 0 Å². The molecule has 0 radical (unpaired) electrons. The molecule has 200 valence electrons. The lowest BCUT2D eigenvalue weighted by molar-refractivity contribution is 0.561. The summed E-state index contributed by atoms with van der Waals surface area (Å²) in [7, 11) is -6.72. The average Bonchev–Trinajstić information content (AvgIpc) is 3.28. The standard InChI is InChI=1S/C29H27N3O4S3/c1-29(2,39(4,35)36)22-16-20-9-6-14-31-25(20)24(17-22)19-7-5-8-21(15-19)27-26(32-28(30)37-27)18-10-12-23(13-11-18)38(3,33)34/h5-17H,1-4H3,(H2,30,32). The lowest BCUT2D eigenvalue weighted by Gasteiger charge is -2.24. The molecule has 10 heteroatoms. The van der Waals surface area contributed by atoms with Gasteiger partial charge in [0, 0.05) is 35.2 Å². The maximum atomic E-state index is 12.7. The van der Waals surface area contributed by atoms with Crippen molar-refractivity contribution >= 4 is 47.0 Å². The van der Waals surface area contributed by atoms with Gasteiger partial charge in [-0.15, -0.1) is 0 Å². The molecule has 0 fully saturated rings. The summed E-state index contributed by atoms with van der Waals surface area (Å²) in [6, 6.07) is 22.0. The van der Waals surface area contributed by atoms with Gasteiger partial charge < -0.3 is 5.73 Å². The Bertz CT molecular complexity index is 1940. The van der Waals surface area contributed by atoms with Crippen molar-refractivity contribution in [2.24, 2.45) is 0 Å². The molecule has 0 saturated heterocycles. The van der Waals surface area contributed by atoms with Crippen molar-refractivity contribution in [1.29, 1.82) is 0 Å². The molecule has 3 aromatic carbocycles. The van der Waals surface area contributed by atoms with Crippen LogP contribution in [0, 0.1) is 0 Å². The van der Waals surface area contributed by atoms with Crippen molar-refractivity contribution in [2.45, 2.75) is 23.5 Å². The maximum Gasteiger partial charge on any atom is 0.181 e. The molecule has 0 atom stereocenters. The second-order valence-corrected chi connectivity index (χ2v) is 15.6. The highest BCUT2D eigenvalue weighted by Gasteiger charge is 2.33. The van der Waals surface area contributed by atoms with Crippen LogP contribution in [0.3, 0.4) is 0 Å². The summed E-state index contributed by atoms with van der Waals surface area (Å²) < 4.78 is 48.0. The molecule has 39 heavy (non-hydrogen) atoms. The lowest BCUT2D eigenvalue weighted by Crippen LogP contribution is -2.28. The number of nitrogens with zero attached hydrogens (tertiary/aromatic N) is 2. The number of nitrogen functional groups attached to an aromatic ring is 1. The van der Waals surface area contributed by atoms with Gasteiger partial charge in [0.2, 0.25) is 0 Å². The van der Waals surface area contributed by atoms with Crippen LogP contribution < -0.4 is 5.73 Å². The van der Waals surface area contributed by atoms with Crippen molar-refractivity contribution in [1.82, 2.24) is 9.97 Å². The first kappa shape index (κ1) is 27.0. The van der Waals surface area contributed by atoms with Crippen LogP contribution in [0.4, 0.5) is 5.13 Å². The first-order valence-electron chi connectivity index (χ1n) is 12.0. The predicted octanol–water partition coefficient (Wildman–Crippen LogP) is 5.96. The molecule has 0 bridgehead atoms. The highest BCUT2D eigenvalue weighted by molar-refractivity contribution is 7.91. The van der Waals surface area contributed by atoms with Crippen LogP contribution in [0.1, 0.15) is 19.4 Å². The number of rotatable bonds is 6. The Balaban J connectivity index is 1.67. The molecule has 2 aromatic heterocycles. The molecule has 5 aromatic rings. The fourth-order valence-corrected chi connectivity index (χ4v) is 6.42. The number of fused-ring (bicyclic) bond motifs is 1. The summed E-state index contributed by atoms with van der Waals surface area (Å²) in [5.41, 5.74) is 11.5. The Morgan fingerprint density at radius 1 is 0.821 bits per heavy atom. The minimum Gasteiger partial charge on any atom is -0.375 e. The first-order valence-corrected chi connectivity index (χ1v) is 16.6. The van der Waals surface area contributed by atoms with E-state index in [4.69, 9.17) is 5.73 Å². The third kappa shape index (κ3) is 5.07. The minimum atomic E-state index is -3.40. The van der Waals surface area contributed by atoms with Crippen molar-refractivity contribution in [3.8, 4) is 32.8 Å². The normalized spacial score (nSPS) is 12.6. The second-order valence-electron chi connectivity index (χ2n) is 9.99. The Labute approximate surface area is 232 Å². The molecule has 0 spiro atoms. The highest BCUT2D eigenvalue weighted by atomic mass is 32.2. The van der Waals surface area contributed by atoms with Gasteiger partial charge in [-0.05, 0) is 66.9 Å². The van der Waals surface area contributed by atoms with Gasteiger partial charge >= 0.3 is 0 Å². The number of aromatic nitrogens is 2. The van der Waals surface area contributed by atoms with Crippen LogP contribution in [0.25, 0.3) is 43.7 Å². The summed E-state index contributed by atoms with van der Waals surface area (Å²) in [5, 5.41) is 1.24.